The van der Waals surface area contributed by atoms with Crippen molar-refractivity contribution in [1.29, 1.82) is 0 Å². The first-order valence-electron chi connectivity index (χ1n) is 7.70. The van der Waals surface area contributed by atoms with Gasteiger partial charge in [-0.15, -0.1) is 5.10 Å². The summed E-state index contributed by atoms with van der Waals surface area (Å²) < 4.78 is 7.57. The number of nitrogens with zero attached hydrogens (tertiary/aromatic N) is 4. The molecule has 2 aromatic carbocycles. The first-order valence-corrected chi connectivity index (χ1v) is 8.68. The maximum Gasteiger partial charge on any atom is 0.257 e. The molecule has 0 atom stereocenters. The van der Waals surface area contributed by atoms with E-state index in [1.807, 2.05) is 47.3 Å². The largest absolute Gasteiger partial charge is 0.431 e. The predicted molar refractivity (Wildman–Crippen MR) is 93.9 cm³/mol. The van der Waals surface area contributed by atoms with Gasteiger partial charge < -0.3 is 4.42 Å². The normalized spacial score (nSPS) is 11.2. The zero-order valence-corrected chi connectivity index (χ0v) is 14.0. The maximum absolute atomic E-state index is 5.70. The van der Waals surface area contributed by atoms with Gasteiger partial charge in [-0.05, 0) is 30.2 Å². The molecule has 4 aromatic rings. The van der Waals surface area contributed by atoms with Gasteiger partial charge in [-0.2, -0.15) is 0 Å². The van der Waals surface area contributed by atoms with Crippen LogP contribution in [0.5, 0.6) is 0 Å². The number of hydrogen-bond donors (Lipinski definition) is 0. The topological polar surface area (TPSA) is 56.7 Å². The van der Waals surface area contributed by atoms with Crippen molar-refractivity contribution in [2.24, 2.45) is 0 Å². The maximum atomic E-state index is 5.70. The molecule has 5 nitrogen and oxygen atoms in total. The van der Waals surface area contributed by atoms with Crippen molar-refractivity contribution < 1.29 is 4.42 Å². The number of aromatic nitrogens is 4. The lowest BCUT2D eigenvalue weighted by atomic mass is 10.1. The summed E-state index contributed by atoms with van der Waals surface area (Å²) in [5, 5.41) is 9.10. The first kappa shape index (κ1) is 15.0. The Labute approximate surface area is 143 Å². The van der Waals surface area contributed by atoms with Crippen molar-refractivity contribution in [1.82, 2.24) is 20.0 Å². The second-order valence-electron chi connectivity index (χ2n) is 5.57. The average Bonchev–Trinajstić information content (AvgIpc) is 3.21. The van der Waals surface area contributed by atoms with E-state index in [-0.39, 0.29) is 0 Å². The second kappa shape index (κ2) is 6.49. The molecule has 0 N–H and O–H groups in total. The van der Waals surface area contributed by atoms with Crippen molar-refractivity contribution in [2.75, 3.05) is 0 Å². The van der Waals surface area contributed by atoms with Crippen LogP contribution in [0, 0.1) is 6.92 Å². The molecule has 4 rings (SSSR count). The van der Waals surface area contributed by atoms with E-state index in [4.69, 9.17) is 4.42 Å². The van der Waals surface area contributed by atoms with Gasteiger partial charge in [0.15, 0.2) is 5.58 Å². The molecular formula is C18H16N4OS. The molecule has 0 aliphatic heterocycles. The highest BCUT2D eigenvalue weighted by atomic mass is 32.2. The van der Waals surface area contributed by atoms with Gasteiger partial charge >= 0.3 is 0 Å². The molecule has 0 aliphatic rings. The van der Waals surface area contributed by atoms with E-state index >= 15 is 0 Å². The Morgan fingerprint density at radius 1 is 1.08 bits per heavy atom. The lowest BCUT2D eigenvalue weighted by molar-refractivity contribution is 0.489. The first-order chi connectivity index (χ1) is 11.8. The van der Waals surface area contributed by atoms with Crippen LogP contribution in [0.15, 0.2) is 64.4 Å². The zero-order chi connectivity index (χ0) is 16.4. The highest BCUT2D eigenvalue weighted by Gasteiger charge is 2.08. The molecule has 0 saturated heterocycles. The molecule has 0 fully saturated rings. The molecule has 0 bridgehead atoms. The SMILES string of the molecule is Cc1ccccc1Cn1cc(CSc2nc3ccccc3o2)nn1. The Morgan fingerprint density at radius 3 is 2.79 bits per heavy atom. The molecule has 6 heteroatoms. The van der Waals surface area contributed by atoms with E-state index in [1.165, 1.54) is 22.9 Å². The number of benzene rings is 2. The molecule has 0 unspecified atom stereocenters. The van der Waals surface area contributed by atoms with Crippen molar-refractivity contribution in [3.05, 3.63) is 71.5 Å². The molecule has 0 radical (unpaired) electrons. The van der Waals surface area contributed by atoms with Crippen LogP contribution >= 0.6 is 11.8 Å². The van der Waals surface area contributed by atoms with Gasteiger partial charge in [0.25, 0.3) is 5.22 Å². The number of hydrogen-bond acceptors (Lipinski definition) is 5. The van der Waals surface area contributed by atoms with Gasteiger partial charge in [0.1, 0.15) is 5.52 Å². The van der Waals surface area contributed by atoms with Crippen molar-refractivity contribution in [3.63, 3.8) is 0 Å². The summed E-state index contributed by atoms with van der Waals surface area (Å²) in [6.07, 6.45) is 1.97. The van der Waals surface area contributed by atoms with Gasteiger partial charge in [-0.3, -0.25) is 0 Å². The highest BCUT2D eigenvalue weighted by molar-refractivity contribution is 7.98. The summed E-state index contributed by atoms with van der Waals surface area (Å²) in [5.74, 6) is 0.681. The van der Waals surface area contributed by atoms with Crippen LogP contribution < -0.4 is 0 Å². The van der Waals surface area contributed by atoms with Crippen LogP contribution in [-0.4, -0.2) is 20.0 Å². The molecule has 0 aliphatic carbocycles. The molecule has 0 amide bonds. The van der Waals surface area contributed by atoms with E-state index in [1.54, 1.807) is 0 Å². The fourth-order valence-corrected chi connectivity index (χ4v) is 3.21. The summed E-state index contributed by atoms with van der Waals surface area (Å²) >= 11 is 1.53. The van der Waals surface area contributed by atoms with Gasteiger partial charge in [0, 0.05) is 11.9 Å². The molecule has 120 valence electrons. The third-order valence-electron chi connectivity index (χ3n) is 3.80. The third kappa shape index (κ3) is 3.19. The van der Waals surface area contributed by atoms with Crippen molar-refractivity contribution >= 4 is 22.9 Å². The quantitative estimate of drug-likeness (QED) is 0.514. The molecule has 2 aromatic heterocycles. The van der Waals surface area contributed by atoms with Crippen LogP contribution in [0.3, 0.4) is 0 Å². The summed E-state index contributed by atoms with van der Waals surface area (Å²) in [6.45, 7) is 2.84. The number of fused-ring (bicyclic) bond motifs is 1. The van der Waals surface area contributed by atoms with Gasteiger partial charge in [0.05, 0.1) is 12.2 Å². The minimum Gasteiger partial charge on any atom is -0.431 e. The number of thioether (sulfide) groups is 1. The lowest BCUT2D eigenvalue weighted by Gasteiger charge is -2.04. The van der Waals surface area contributed by atoms with E-state index < -0.39 is 0 Å². The number of para-hydroxylation sites is 2. The second-order valence-corrected chi connectivity index (χ2v) is 6.50. The standard InChI is InChI=1S/C18H16N4OS/c1-13-6-2-3-7-14(13)10-22-11-15(20-21-22)12-24-18-19-16-8-4-5-9-17(16)23-18/h2-9,11H,10,12H2,1H3. The van der Waals surface area contributed by atoms with E-state index in [9.17, 15) is 0 Å². The Kier molecular flexibility index (Phi) is 4.04. The molecule has 0 spiro atoms. The van der Waals surface area contributed by atoms with E-state index in [0.29, 0.717) is 11.0 Å². The van der Waals surface area contributed by atoms with Gasteiger partial charge in [-0.1, -0.05) is 53.4 Å². The van der Waals surface area contributed by atoms with Crippen molar-refractivity contribution in [2.45, 2.75) is 24.4 Å². The van der Waals surface area contributed by atoms with Gasteiger partial charge in [-0.25, -0.2) is 9.67 Å². The summed E-state index contributed by atoms with van der Waals surface area (Å²) in [7, 11) is 0. The van der Waals surface area contributed by atoms with Crippen LogP contribution in [0.25, 0.3) is 11.1 Å². The van der Waals surface area contributed by atoms with Crippen LogP contribution in [0.4, 0.5) is 0 Å². The number of oxazole rings is 1. The fraction of sp³-hybridized carbons (Fsp3) is 0.167. The van der Waals surface area contributed by atoms with E-state index in [0.717, 1.165) is 23.3 Å². The third-order valence-corrected chi connectivity index (χ3v) is 4.66. The Hall–Kier alpha value is -2.60. The molecule has 24 heavy (non-hydrogen) atoms. The van der Waals surface area contributed by atoms with Crippen molar-refractivity contribution in [3.8, 4) is 0 Å². The number of rotatable bonds is 5. The van der Waals surface area contributed by atoms with Gasteiger partial charge in [0.2, 0.25) is 0 Å². The minimum absolute atomic E-state index is 0.657. The highest BCUT2D eigenvalue weighted by Crippen LogP contribution is 2.25. The zero-order valence-electron chi connectivity index (χ0n) is 13.2. The smallest absolute Gasteiger partial charge is 0.257 e. The van der Waals surface area contributed by atoms with Crippen LogP contribution in [0.2, 0.25) is 0 Å². The predicted octanol–water partition coefficient (Wildman–Crippen LogP) is 4.07. The fourth-order valence-electron chi connectivity index (χ4n) is 2.49. The Balaban J connectivity index is 1.42. The monoisotopic (exact) mass is 336 g/mol. The molecule has 2 heterocycles. The minimum atomic E-state index is 0.657. The van der Waals surface area contributed by atoms with Crippen LogP contribution in [-0.2, 0) is 12.3 Å². The summed E-state index contributed by atoms with van der Waals surface area (Å²) in [6, 6.07) is 16.1. The summed E-state index contributed by atoms with van der Waals surface area (Å²) in [5.41, 5.74) is 5.11. The van der Waals surface area contributed by atoms with Crippen LogP contribution in [0.1, 0.15) is 16.8 Å². The lowest BCUT2D eigenvalue weighted by Crippen LogP contribution is -2.01. The molecular weight excluding hydrogens is 320 g/mol. The Morgan fingerprint density at radius 2 is 1.92 bits per heavy atom. The number of aryl methyl sites for hydroxylation is 1. The summed E-state index contributed by atoms with van der Waals surface area (Å²) in [4.78, 5) is 4.46. The van der Waals surface area contributed by atoms with E-state index in [2.05, 4.69) is 34.4 Å². The molecule has 0 saturated carbocycles. The average molecular weight is 336 g/mol. The Bertz CT molecular complexity index is 943.